The third-order valence-electron chi connectivity index (χ3n) is 4.11. The SMILES string of the molecule is Cc1cc(C)c(CC(=O)N2CCC(O)CC2)cc1C. The number of carbonyl (C=O) groups excluding carboxylic acids is 1. The molecule has 1 aliphatic heterocycles. The summed E-state index contributed by atoms with van der Waals surface area (Å²) in [5.74, 6) is 0.179. The molecule has 1 saturated heterocycles. The highest BCUT2D eigenvalue weighted by Crippen LogP contribution is 2.18. The number of piperidine rings is 1. The predicted octanol–water partition coefficient (Wildman–Crippen LogP) is 2.14. The Balaban J connectivity index is 2.05. The Morgan fingerprint density at radius 1 is 1.16 bits per heavy atom. The van der Waals surface area contributed by atoms with Gasteiger partial charge in [-0.3, -0.25) is 4.79 Å². The molecule has 1 aliphatic rings. The quantitative estimate of drug-likeness (QED) is 0.886. The maximum absolute atomic E-state index is 12.3. The van der Waals surface area contributed by atoms with E-state index in [0.717, 1.165) is 5.56 Å². The Morgan fingerprint density at radius 3 is 2.37 bits per heavy atom. The summed E-state index contributed by atoms with van der Waals surface area (Å²) in [7, 11) is 0. The minimum Gasteiger partial charge on any atom is -0.393 e. The molecule has 0 saturated carbocycles. The first-order valence-corrected chi connectivity index (χ1v) is 7.00. The van der Waals surface area contributed by atoms with Gasteiger partial charge in [-0.1, -0.05) is 12.1 Å². The third-order valence-corrected chi connectivity index (χ3v) is 4.11. The molecular formula is C16H23NO2. The monoisotopic (exact) mass is 261 g/mol. The van der Waals surface area contributed by atoms with E-state index >= 15 is 0 Å². The second-order valence-electron chi connectivity index (χ2n) is 5.65. The van der Waals surface area contributed by atoms with Crippen LogP contribution in [0.1, 0.15) is 35.1 Å². The predicted molar refractivity (Wildman–Crippen MR) is 76.2 cm³/mol. The Hall–Kier alpha value is -1.35. The van der Waals surface area contributed by atoms with Crippen LogP contribution >= 0.6 is 0 Å². The van der Waals surface area contributed by atoms with Gasteiger partial charge in [0.15, 0.2) is 0 Å². The highest BCUT2D eigenvalue weighted by molar-refractivity contribution is 5.79. The first-order valence-electron chi connectivity index (χ1n) is 7.00. The van der Waals surface area contributed by atoms with E-state index in [1.165, 1.54) is 16.7 Å². The van der Waals surface area contributed by atoms with Crippen molar-refractivity contribution in [3.05, 3.63) is 34.4 Å². The fraction of sp³-hybridized carbons (Fsp3) is 0.562. The van der Waals surface area contributed by atoms with E-state index in [1.807, 2.05) is 4.90 Å². The zero-order chi connectivity index (χ0) is 14.0. The Bertz CT molecular complexity index is 474. The highest BCUT2D eigenvalue weighted by atomic mass is 16.3. The Labute approximate surface area is 115 Å². The van der Waals surface area contributed by atoms with Gasteiger partial charge in [0, 0.05) is 13.1 Å². The average Bonchev–Trinajstić information content (AvgIpc) is 2.36. The minimum atomic E-state index is -0.229. The summed E-state index contributed by atoms with van der Waals surface area (Å²) in [6.07, 6.45) is 1.66. The number of amides is 1. The van der Waals surface area contributed by atoms with E-state index in [2.05, 4.69) is 32.9 Å². The molecule has 0 bridgehead atoms. The second kappa shape index (κ2) is 5.74. The molecule has 1 N–H and O–H groups in total. The number of rotatable bonds is 2. The summed E-state index contributed by atoms with van der Waals surface area (Å²) in [6, 6.07) is 4.28. The molecule has 3 heteroatoms. The van der Waals surface area contributed by atoms with E-state index < -0.39 is 0 Å². The topological polar surface area (TPSA) is 40.5 Å². The number of aryl methyl sites for hydroxylation is 3. The Morgan fingerprint density at radius 2 is 1.74 bits per heavy atom. The smallest absolute Gasteiger partial charge is 0.227 e. The number of hydrogen-bond acceptors (Lipinski definition) is 2. The lowest BCUT2D eigenvalue weighted by Crippen LogP contribution is -2.40. The fourth-order valence-electron chi connectivity index (χ4n) is 2.60. The number of aliphatic hydroxyl groups excluding tert-OH is 1. The Kier molecular flexibility index (Phi) is 4.25. The molecule has 19 heavy (non-hydrogen) atoms. The first-order chi connectivity index (χ1) is 8.97. The van der Waals surface area contributed by atoms with Gasteiger partial charge in [-0.2, -0.15) is 0 Å². The van der Waals surface area contributed by atoms with Crippen LogP contribution in [0.3, 0.4) is 0 Å². The van der Waals surface area contributed by atoms with Crippen LogP contribution in [0.4, 0.5) is 0 Å². The van der Waals surface area contributed by atoms with Crippen molar-refractivity contribution in [1.82, 2.24) is 4.90 Å². The molecule has 0 unspecified atom stereocenters. The number of nitrogens with zero attached hydrogens (tertiary/aromatic N) is 1. The van der Waals surface area contributed by atoms with Crippen molar-refractivity contribution in [2.24, 2.45) is 0 Å². The second-order valence-corrected chi connectivity index (χ2v) is 5.65. The van der Waals surface area contributed by atoms with Gasteiger partial charge in [0.2, 0.25) is 5.91 Å². The van der Waals surface area contributed by atoms with E-state index in [9.17, 15) is 9.90 Å². The standard InChI is InChI=1S/C16H23NO2/c1-11-8-13(3)14(9-12(11)2)10-16(19)17-6-4-15(18)5-7-17/h8-9,15,18H,4-7,10H2,1-3H3. The van der Waals surface area contributed by atoms with E-state index in [1.54, 1.807) is 0 Å². The van der Waals surface area contributed by atoms with Crippen molar-refractivity contribution < 1.29 is 9.90 Å². The van der Waals surface area contributed by atoms with Crippen molar-refractivity contribution >= 4 is 5.91 Å². The van der Waals surface area contributed by atoms with Gasteiger partial charge < -0.3 is 10.0 Å². The van der Waals surface area contributed by atoms with E-state index in [-0.39, 0.29) is 12.0 Å². The normalized spacial score (nSPS) is 16.7. The number of aliphatic hydroxyl groups is 1. The highest BCUT2D eigenvalue weighted by Gasteiger charge is 2.21. The molecule has 1 heterocycles. The number of likely N-dealkylation sites (tertiary alicyclic amines) is 1. The van der Waals surface area contributed by atoms with Crippen molar-refractivity contribution in [1.29, 1.82) is 0 Å². The lowest BCUT2D eigenvalue weighted by Gasteiger charge is -2.30. The molecule has 3 nitrogen and oxygen atoms in total. The first kappa shape index (κ1) is 14.1. The van der Waals surface area contributed by atoms with Gasteiger partial charge in [0.05, 0.1) is 12.5 Å². The zero-order valence-electron chi connectivity index (χ0n) is 12.1. The molecule has 1 aromatic rings. The summed E-state index contributed by atoms with van der Waals surface area (Å²) in [4.78, 5) is 14.1. The maximum Gasteiger partial charge on any atom is 0.227 e. The molecule has 0 atom stereocenters. The van der Waals surface area contributed by atoms with Gasteiger partial charge in [0.25, 0.3) is 0 Å². The van der Waals surface area contributed by atoms with Crippen molar-refractivity contribution in [2.45, 2.75) is 46.1 Å². The lowest BCUT2D eigenvalue weighted by molar-refractivity contribution is -0.132. The molecule has 1 aromatic carbocycles. The van der Waals surface area contributed by atoms with Gasteiger partial charge in [-0.25, -0.2) is 0 Å². The summed E-state index contributed by atoms with van der Waals surface area (Å²) in [5.41, 5.74) is 4.82. The largest absolute Gasteiger partial charge is 0.393 e. The van der Waals surface area contributed by atoms with Crippen LogP contribution in [-0.4, -0.2) is 35.1 Å². The fourth-order valence-corrected chi connectivity index (χ4v) is 2.60. The third kappa shape index (κ3) is 3.35. The van der Waals surface area contributed by atoms with Gasteiger partial charge in [-0.05, 0) is 55.9 Å². The molecular weight excluding hydrogens is 238 g/mol. The average molecular weight is 261 g/mol. The molecule has 104 valence electrons. The van der Waals surface area contributed by atoms with Crippen molar-refractivity contribution in [3.8, 4) is 0 Å². The van der Waals surface area contributed by atoms with Gasteiger partial charge in [-0.15, -0.1) is 0 Å². The van der Waals surface area contributed by atoms with Crippen LogP contribution in [0.15, 0.2) is 12.1 Å². The van der Waals surface area contributed by atoms with Crippen LogP contribution in [0, 0.1) is 20.8 Å². The number of benzene rings is 1. The van der Waals surface area contributed by atoms with E-state index in [4.69, 9.17) is 0 Å². The molecule has 1 fully saturated rings. The zero-order valence-corrected chi connectivity index (χ0v) is 12.1. The van der Waals surface area contributed by atoms with Crippen LogP contribution in [0.2, 0.25) is 0 Å². The summed E-state index contributed by atoms with van der Waals surface area (Å²) >= 11 is 0. The van der Waals surface area contributed by atoms with Gasteiger partial charge in [0.1, 0.15) is 0 Å². The molecule has 0 aromatic heterocycles. The van der Waals surface area contributed by atoms with Crippen molar-refractivity contribution in [2.75, 3.05) is 13.1 Å². The molecule has 2 rings (SSSR count). The summed E-state index contributed by atoms with van der Waals surface area (Å²) in [6.45, 7) is 7.61. The van der Waals surface area contributed by atoms with Crippen LogP contribution in [0.5, 0.6) is 0 Å². The molecule has 0 spiro atoms. The van der Waals surface area contributed by atoms with Crippen LogP contribution in [0.25, 0.3) is 0 Å². The number of carbonyl (C=O) groups is 1. The maximum atomic E-state index is 12.3. The number of hydrogen-bond donors (Lipinski definition) is 1. The molecule has 0 radical (unpaired) electrons. The van der Waals surface area contributed by atoms with Crippen LogP contribution in [-0.2, 0) is 11.2 Å². The molecule has 1 amide bonds. The van der Waals surface area contributed by atoms with Crippen molar-refractivity contribution in [3.63, 3.8) is 0 Å². The van der Waals surface area contributed by atoms with E-state index in [0.29, 0.717) is 32.4 Å². The minimum absolute atomic E-state index is 0.179. The summed E-state index contributed by atoms with van der Waals surface area (Å²) in [5, 5.41) is 9.47. The van der Waals surface area contributed by atoms with Gasteiger partial charge >= 0.3 is 0 Å². The lowest BCUT2D eigenvalue weighted by atomic mass is 9.98. The van der Waals surface area contributed by atoms with Crippen LogP contribution < -0.4 is 0 Å². The summed E-state index contributed by atoms with van der Waals surface area (Å²) < 4.78 is 0. The molecule has 0 aliphatic carbocycles.